The van der Waals surface area contributed by atoms with E-state index in [0.29, 0.717) is 16.8 Å². The molecular formula is C10H10N2O2. The number of aryl methyl sites for hydroxylation is 2. The predicted molar refractivity (Wildman–Crippen MR) is 52.1 cm³/mol. The van der Waals surface area contributed by atoms with Crippen molar-refractivity contribution in [3.63, 3.8) is 0 Å². The summed E-state index contributed by atoms with van der Waals surface area (Å²) in [5, 5.41) is 2.23. The highest BCUT2D eigenvalue weighted by molar-refractivity contribution is 6.24. The molecule has 0 aliphatic carbocycles. The van der Waals surface area contributed by atoms with Gasteiger partial charge in [-0.1, -0.05) is 6.07 Å². The zero-order chi connectivity index (χ0) is 10.5. The Hall–Kier alpha value is -1.84. The monoisotopic (exact) mass is 190 g/mol. The molecule has 0 bridgehead atoms. The van der Waals surface area contributed by atoms with Crippen molar-refractivity contribution in [3.8, 4) is 0 Å². The molecule has 1 aromatic rings. The third-order valence-corrected chi connectivity index (χ3v) is 2.45. The Bertz CT molecular complexity index is 464. The number of carbonyl (C=O) groups is 2. The molecule has 0 saturated heterocycles. The Morgan fingerprint density at radius 1 is 1.07 bits per heavy atom. The van der Waals surface area contributed by atoms with Crippen LogP contribution in [-0.4, -0.2) is 11.8 Å². The second kappa shape index (κ2) is 2.57. The van der Waals surface area contributed by atoms with Gasteiger partial charge >= 0.3 is 0 Å². The van der Waals surface area contributed by atoms with Crippen LogP contribution in [0.2, 0.25) is 0 Å². The number of anilines is 1. The molecule has 0 fully saturated rings. The standard InChI is InChI=1S/C10H10N2O2/c1-4-3-5(2)8(11)7-6(4)9(13)12-10(7)14/h3H,11H2,1-2H3,(H,12,13,14). The molecule has 0 unspecified atom stereocenters. The van der Waals surface area contributed by atoms with Gasteiger partial charge in [-0.25, -0.2) is 0 Å². The van der Waals surface area contributed by atoms with Crippen molar-refractivity contribution in [2.24, 2.45) is 0 Å². The zero-order valence-electron chi connectivity index (χ0n) is 7.97. The fraction of sp³-hybridized carbons (Fsp3) is 0.200. The molecule has 1 aliphatic heterocycles. The maximum absolute atomic E-state index is 11.4. The number of rotatable bonds is 0. The number of amides is 2. The van der Waals surface area contributed by atoms with Crippen molar-refractivity contribution in [3.05, 3.63) is 28.3 Å². The third-order valence-electron chi connectivity index (χ3n) is 2.45. The van der Waals surface area contributed by atoms with Crippen molar-refractivity contribution in [1.82, 2.24) is 5.32 Å². The Balaban J connectivity index is 2.86. The second-order valence-electron chi connectivity index (χ2n) is 3.46. The van der Waals surface area contributed by atoms with Crippen LogP contribution in [0.5, 0.6) is 0 Å². The van der Waals surface area contributed by atoms with Gasteiger partial charge in [-0.3, -0.25) is 14.9 Å². The highest BCUT2D eigenvalue weighted by Gasteiger charge is 2.31. The highest BCUT2D eigenvalue weighted by atomic mass is 16.2. The van der Waals surface area contributed by atoms with Gasteiger partial charge in [-0.2, -0.15) is 0 Å². The largest absolute Gasteiger partial charge is 0.398 e. The van der Waals surface area contributed by atoms with Crippen LogP contribution in [0.15, 0.2) is 6.07 Å². The van der Waals surface area contributed by atoms with Crippen molar-refractivity contribution in [1.29, 1.82) is 0 Å². The van der Waals surface area contributed by atoms with Crippen molar-refractivity contribution < 1.29 is 9.59 Å². The number of nitrogens with one attached hydrogen (secondary N) is 1. The second-order valence-corrected chi connectivity index (χ2v) is 3.46. The summed E-state index contributed by atoms with van der Waals surface area (Å²) < 4.78 is 0. The lowest BCUT2D eigenvalue weighted by molar-refractivity contribution is 0.0880. The summed E-state index contributed by atoms with van der Waals surface area (Å²) >= 11 is 0. The van der Waals surface area contributed by atoms with E-state index in [4.69, 9.17) is 5.73 Å². The van der Waals surface area contributed by atoms with Crippen LogP contribution >= 0.6 is 0 Å². The molecule has 0 radical (unpaired) electrons. The van der Waals surface area contributed by atoms with Crippen molar-refractivity contribution >= 4 is 17.5 Å². The summed E-state index contributed by atoms with van der Waals surface area (Å²) in [6, 6.07) is 1.81. The summed E-state index contributed by atoms with van der Waals surface area (Å²) in [5.41, 5.74) is 8.49. The van der Waals surface area contributed by atoms with Crippen LogP contribution in [-0.2, 0) is 0 Å². The van der Waals surface area contributed by atoms with Crippen LogP contribution < -0.4 is 11.1 Å². The van der Waals surface area contributed by atoms with Gasteiger partial charge in [-0.15, -0.1) is 0 Å². The number of hydrogen-bond acceptors (Lipinski definition) is 3. The van der Waals surface area contributed by atoms with Gasteiger partial charge in [0.25, 0.3) is 11.8 Å². The molecule has 4 heteroatoms. The normalized spacial score (nSPS) is 14.1. The number of fused-ring (bicyclic) bond motifs is 1. The molecule has 0 spiro atoms. The van der Waals surface area contributed by atoms with Gasteiger partial charge < -0.3 is 5.73 Å². The van der Waals surface area contributed by atoms with E-state index in [1.165, 1.54) is 0 Å². The fourth-order valence-electron chi connectivity index (χ4n) is 1.76. The number of imide groups is 1. The number of nitrogens with two attached hydrogens (primary N) is 1. The van der Waals surface area contributed by atoms with Crippen LogP contribution in [0.1, 0.15) is 31.8 Å². The average molecular weight is 190 g/mol. The number of nitrogen functional groups attached to an aromatic ring is 1. The molecule has 1 aromatic carbocycles. The van der Waals surface area contributed by atoms with Gasteiger partial charge in [0.15, 0.2) is 0 Å². The van der Waals surface area contributed by atoms with Crippen LogP contribution in [0.25, 0.3) is 0 Å². The van der Waals surface area contributed by atoms with E-state index in [9.17, 15) is 9.59 Å². The van der Waals surface area contributed by atoms with Crippen molar-refractivity contribution in [2.75, 3.05) is 5.73 Å². The molecule has 2 amide bonds. The highest BCUT2D eigenvalue weighted by Crippen LogP contribution is 2.28. The third kappa shape index (κ3) is 0.937. The number of carbonyl (C=O) groups excluding carboxylic acids is 2. The SMILES string of the molecule is Cc1cc(C)c2c(c1N)C(=O)NC2=O. The molecule has 2 rings (SSSR count). The summed E-state index contributed by atoms with van der Waals surface area (Å²) in [4.78, 5) is 22.8. The minimum atomic E-state index is -0.394. The maximum Gasteiger partial charge on any atom is 0.261 e. The molecule has 1 heterocycles. The average Bonchev–Trinajstić information content (AvgIpc) is 2.38. The Labute approximate surface area is 81.1 Å². The number of benzene rings is 1. The van der Waals surface area contributed by atoms with E-state index in [1.54, 1.807) is 6.92 Å². The molecule has 0 saturated carbocycles. The van der Waals surface area contributed by atoms with Crippen LogP contribution in [0.4, 0.5) is 5.69 Å². The first-order valence-electron chi connectivity index (χ1n) is 4.27. The van der Waals surface area contributed by atoms with E-state index in [2.05, 4.69) is 5.32 Å². The van der Waals surface area contributed by atoms with E-state index < -0.39 is 5.91 Å². The number of hydrogen-bond donors (Lipinski definition) is 2. The molecule has 4 nitrogen and oxygen atoms in total. The first kappa shape index (κ1) is 8.74. The van der Waals surface area contributed by atoms with Crippen LogP contribution in [0, 0.1) is 13.8 Å². The quantitative estimate of drug-likeness (QED) is 0.468. The lowest BCUT2D eigenvalue weighted by Crippen LogP contribution is -2.20. The minimum absolute atomic E-state index is 0.326. The Kier molecular flexibility index (Phi) is 1.61. The van der Waals surface area contributed by atoms with Gasteiger partial charge in [0.1, 0.15) is 0 Å². The minimum Gasteiger partial charge on any atom is -0.398 e. The topological polar surface area (TPSA) is 72.2 Å². The van der Waals surface area contributed by atoms with Gasteiger partial charge in [0.2, 0.25) is 0 Å². The van der Waals surface area contributed by atoms with Gasteiger partial charge in [0, 0.05) is 5.69 Å². The molecule has 0 aromatic heterocycles. The summed E-state index contributed by atoms with van der Waals surface area (Å²) in [7, 11) is 0. The molecule has 0 atom stereocenters. The lowest BCUT2D eigenvalue weighted by atomic mass is 9.98. The lowest BCUT2D eigenvalue weighted by Gasteiger charge is -2.06. The molecule has 1 aliphatic rings. The molecule has 3 N–H and O–H groups in total. The van der Waals surface area contributed by atoms with Gasteiger partial charge in [-0.05, 0) is 25.0 Å². The molecule has 14 heavy (non-hydrogen) atoms. The summed E-state index contributed by atoms with van der Waals surface area (Å²) in [6.45, 7) is 3.61. The Morgan fingerprint density at radius 3 is 2.29 bits per heavy atom. The predicted octanol–water partition coefficient (Wildman–Crippen LogP) is 0.769. The van der Waals surface area contributed by atoms with E-state index in [-0.39, 0.29) is 5.91 Å². The van der Waals surface area contributed by atoms with Crippen LogP contribution in [0.3, 0.4) is 0 Å². The Morgan fingerprint density at radius 2 is 1.64 bits per heavy atom. The van der Waals surface area contributed by atoms with E-state index in [1.807, 2.05) is 13.0 Å². The smallest absolute Gasteiger partial charge is 0.261 e. The summed E-state index contributed by atoms with van der Waals surface area (Å²) in [5.74, 6) is -0.747. The molecule has 72 valence electrons. The van der Waals surface area contributed by atoms with E-state index in [0.717, 1.165) is 11.1 Å². The van der Waals surface area contributed by atoms with E-state index >= 15 is 0 Å². The fourth-order valence-corrected chi connectivity index (χ4v) is 1.76. The first-order valence-corrected chi connectivity index (χ1v) is 4.27. The maximum atomic E-state index is 11.4. The van der Waals surface area contributed by atoms with Crippen molar-refractivity contribution in [2.45, 2.75) is 13.8 Å². The first-order chi connectivity index (χ1) is 6.52. The van der Waals surface area contributed by atoms with Gasteiger partial charge in [0.05, 0.1) is 11.1 Å². The zero-order valence-corrected chi connectivity index (χ0v) is 7.97. The summed E-state index contributed by atoms with van der Waals surface area (Å²) in [6.07, 6.45) is 0. The molecular weight excluding hydrogens is 180 g/mol.